The van der Waals surface area contributed by atoms with E-state index < -0.39 is 17.5 Å². The van der Waals surface area contributed by atoms with Gasteiger partial charge in [0.2, 0.25) is 11.7 Å². The van der Waals surface area contributed by atoms with Crippen molar-refractivity contribution in [2.45, 2.75) is 32.9 Å². The summed E-state index contributed by atoms with van der Waals surface area (Å²) >= 11 is 5.78. The van der Waals surface area contributed by atoms with Gasteiger partial charge in [0.05, 0.1) is 24.9 Å². The van der Waals surface area contributed by atoms with Crippen LogP contribution in [0.3, 0.4) is 0 Å². The summed E-state index contributed by atoms with van der Waals surface area (Å²) in [7, 11) is 0. The summed E-state index contributed by atoms with van der Waals surface area (Å²) in [6.45, 7) is 4.73. The molecule has 7 nitrogen and oxygen atoms in total. The number of hydrogen-bond donors (Lipinski definition) is 0. The molecule has 200 valence electrons. The zero-order valence-corrected chi connectivity index (χ0v) is 21.8. The van der Waals surface area contributed by atoms with Crippen molar-refractivity contribution in [3.8, 4) is 23.2 Å². The molecule has 2 aromatic heterocycles. The minimum absolute atomic E-state index is 0.0525. The fourth-order valence-corrected chi connectivity index (χ4v) is 4.71. The first-order chi connectivity index (χ1) is 18.7. The molecule has 2 aromatic carbocycles. The minimum atomic E-state index is -0.698. The van der Waals surface area contributed by atoms with Gasteiger partial charge in [0, 0.05) is 34.1 Å². The molecule has 5 rings (SSSR count). The highest BCUT2D eigenvalue weighted by Crippen LogP contribution is 2.39. The highest BCUT2D eigenvalue weighted by Gasteiger charge is 2.39. The van der Waals surface area contributed by atoms with E-state index in [9.17, 15) is 9.65 Å². The van der Waals surface area contributed by atoms with Crippen LogP contribution in [0.1, 0.15) is 42.7 Å². The Morgan fingerprint density at radius 3 is 2.59 bits per heavy atom. The number of hydrogen-bond acceptors (Lipinski definition) is 6. The Hall–Kier alpha value is -3.94. The van der Waals surface area contributed by atoms with E-state index >= 15 is 8.78 Å². The Morgan fingerprint density at radius 2 is 1.87 bits per heavy atom. The number of ether oxygens (including phenoxy) is 2. The van der Waals surface area contributed by atoms with Gasteiger partial charge in [-0.1, -0.05) is 37.6 Å². The second-order valence-electron chi connectivity index (χ2n) is 9.93. The number of pyridine rings is 1. The van der Waals surface area contributed by atoms with Gasteiger partial charge in [-0.15, -0.1) is 10.2 Å². The van der Waals surface area contributed by atoms with Crippen LogP contribution in [0.2, 0.25) is 5.02 Å². The van der Waals surface area contributed by atoms with Crippen molar-refractivity contribution in [1.29, 1.82) is 5.26 Å². The van der Waals surface area contributed by atoms with Crippen LogP contribution in [-0.2, 0) is 17.8 Å². The molecule has 0 unspecified atom stereocenters. The Kier molecular flexibility index (Phi) is 7.30. The molecule has 3 heterocycles. The van der Waals surface area contributed by atoms with E-state index in [-0.39, 0.29) is 63.6 Å². The van der Waals surface area contributed by atoms with Gasteiger partial charge in [0.25, 0.3) is 0 Å². The molecule has 0 N–H and O–H groups in total. The van der Waals surface area contributed by atoms with Gasteiger partial charge in [-0.25, -0.2) is 18.2 Å². The van der Waals surface area contributed by atoms with Gasteiger partial charge in [0.15, 0.2) is 0 Å². The van der Waals surface area contributed by atoms with Gasteiger partial charge in [-0.2, -0.15) is 5.26 Å². The van der Waals surface area contributed by atoms with Crippen molar-refractivity contribution in [3.05, 3.63) is 93.8 Å². The first-order valence-electron chi connectivity index (χ1n) is 12.1. The Balaban J connectivity index is 1.39. The monoisotopic (exact) mass is 553 g/mol. The zero-order valence-electron chi connectivity index (χ0n) is 21.1. The average molecular weight is 554 g/mol. The molecule has 0 spiro atoms. The number of benzene rings is 2. The predicted octanol–water partition coefficient (Wildman–Crippen LogP) is 6.05. The van der Waals surface area contributed by atoms with Gasteiger partial charge in [-0.05, 0) is 35.9 Å². The molecule has 0 bridgehead atoms. The van der Waals surface area contributed by atoms with E-state index in [1.54, 1.807) is 16.7 Å². The lowest BCUT2D eigenvalue weighted by Gasteiger charge is -2.27. The van der Waals surface area contributed by atoms with Crippen molar-refractivity contribution in [1.82, 2.24) is 19.7 Å². The molecule has 0 saturated carbocycles. The van der Waals surface area contributed by atoms with Crippen LogP contribution in [0.25, 0.3) is 11.3 Å². The van der Waals surface area contributed by atoms with Crippen molar-refractivity contribution in [2.75, 3.05) is 13.2 Å². The van der Waals surface area contributed by atoms with Crippen molar-refractivity contribution >= 4 is 11.6 Å². The van der Waals surface area contributed by atoms with E-state index in [4.69, 9.17) is 21.1 Å². The number of halogens is 4. The van der Waals surface area contributed by atoms with Gasteiger partial charge >= 0.3 is 0 Å². The fraction of sp³-hybridized carbons (Fsp3) is 0.286. The molecule has 0 radical (unpaired) electrons. The van der Waals surface area contributed by atoms with Gasteiger partial charge < -0.3 is 9.47 Å². The molecule has 1 fully saturated rings. The van der Waals surface area contributed by atoms with Gasteiger partial charge in [0.1, 0.15) is 36.0 Å². The Morgan fingerprint density at radius 1 is 1.08 bits per heavy atom. The first kappa shape index (κ1) is 26.7. The van der Waals surface area contributed by atoms with Crippen LogP contribution in [0.5, 0.6) is 5.88 Å². The maximum Gasteiger partial charge on any atom is 0.235 e. The quantitative estimate of drug-likeness (QED) is 0.277. The van der Waals surface area contributed by atoms with E-state index in [1.165, 1.54) is 24.3 Å². The summed E-state index contributed by atoms with van der Waals surface area (Å²) in [6, 6.07) is 12.8. The number of nitriles is 1. The molecule has 1 saturated heterocycles. The standard InChI is InChI=1S/C28H23ClF3N5O2/c1-28(2)15-38-14-24(28)37-25(35-36-26(37)12-33)9-17-8-22(32)19(11-21(17)31)23-4-3-5-27(34-23)39-13-16-6-7-18(29)10-20(16)30/h3-8,10-11,24H,9,13-15H2,1-2H3/t24-/m0/s1. The largest absolute Gasteiger partial charge is 0.473 e. The Bertz CT molecular complexity index is 1580. The molecule has 39 heavy (non-hydrogen) atoms. The third-order valence-electron chi connectivity index (χ3n) is 6.70. The SMILES string of the molecule is CC1(C)COC[C@@H]1n1c(C#N)nnc1Cc1cc(F)c(-c2cccc(OCc3ccc(Cl)cc3F)n2)cc1F. The maximum absolute atomic E-state index is 15.3. The van der Waals surface area contributed by atoms with E-state index in [1.807, 2.05) is 19.9 Å². The second-order valence-corrected chi connectivity index (χ2v) is 10.4. The average Bonchev–Trinajstić information content (AvgIpc) is 3.46. The molecular formula is C28H23ClF3N5O2. The normalized spacial score (nSPS) is 16.3. The minimum Gasteiger partial charge on any atom is -0.473 e. The van der Waals surface area contributed by atoms with Crippen molar-refractivity contribution in [2.24, 2.45) is 5.41 Å². The van der Waals surface area contributed by atoms with Gasteiger partial charge in [-0.3, -0.25) is 4.57 Å². The van der Waals surface area contributed by atoms with Crippen molar-refractivity contribution in [3.63, 3.8) is 0 Å². The lowest BCUT2D eigenvalue weighted by Crippen LogP contribution is -2.28. The van der Waals surface area contributed by atoms with Crippen LogP contribution in [-0.4, -0.2) is 33.0 Å². The molecule has 0 aliphatic carbocycles. The predicted molar refractivity (Wildman–Crippen MR) is 137 cm³/mol. The van der Waals surface area contributed by atoms with Crippen molar-refractivity contribution < 1.29 is 22.6 Å². The smallest absolute Gasteiger partial charge is 0.235 e. The summed E-state index contributed by atoms with van der Waals surface area (Å²) in [4.78, 5) is 4.26. The Labute approximate surface area is 227 Å². The van der Waals surface area contributed by atoms with Crippen LogP contribution >= 0.6 is 11.6 Å². The maximum atomic E-state index is 15.3. The number of aromatic nitrogens is 4. The third kappa shape index (κ3) is 5.46. The highest BCUT2D eigenvalue weighted by molar-refractivity contribution is 6.30. The number of nitrogens with zero attached hydrogens (tertiary/aromatic N) is 5. The van der Waals surface area contributed by atoms with E-state index in [2.05, 4.69) is 15.2 Å². The molecule has 1 atom stereocenters. The molecule has 1 aliphatic rings. The summed E-state index contributed by atoms with van der Waals surface area (Å²) in [5, 5.41) is 17.9. The molecule has 11 heteroatoms. The summed E-state index contributed by atoms with van der Waals surface area (Å²) in [5.41, 5.74) is 0.106. The lowest BCUT2D eigenvalue weighted by molar-refractivity contribution is 0.166. The van der Waals surface area contributed by atoms with Crippen LogP contribution in [0.15, 0.2) is 48.5 Å². The summed E-state index contributed by atoms with van der Waals surface area (Å²) in [5.74, 6) is -1.35. The summed E-state index contributed by atoms with van der Waals surface area (Å²) in [6.07, 6.45) is -0.0759. The van der Waals surface area contributed by atoms with Crippen LogP contribution < -0.4 is 4.74 Å². The fourth-order valence-electron chi connectivity index (χ4n) is 4.55. The number of rotatable bonds is 7. The molecule has 4 aromatic rings. The van der Waals surface area contributed by atoms with Crippen LogP contribution in [0, 0.1) is 34.2 Å². The molecule has 0 amide bonds. The lowest BCUT2D eigenvalue weighted by atomic mass is 9.87. The van der Waals surface area contributed by atoms with Crippen LogP contribution in [0.4, 0.5) is 13.2 Å². The van der Waals surface area contributed by atoms with E-state index in [0.717, 1.165) is 12.1 Å². The zero-order chi connectivity index (χ0) is 27.7. The molecule has 1 aliphatic heterocycles. The highest BCUT2D eigenvalue weighted by atomic mass is 35.5. The second kappa shape index (κ2) is 10.7. The first-order valence-corrected chi connectivity index (χ1v) is 12.5. The molecular weight excluding hydrogens is 531 g/mol. The topological polar surface area (TPSA) is 85.9 Å². The third-order valence-corrected chi connectivity index (χ3v) is 6.94. The van der Waals surface area contributed by atoms with E-state index in [0.29, 0.717) is 19.0 Å². The summed E-state index contributed by atoms with van der Waals surface area (Å²) < 4.78 is 57.4.